The van der Waals surface area contributed by atoms with Crippen LogP contribution < -0.4 is 15.0 Å². The number of benzene rings is 2. The van der Waals surface area contributed by atoms with E-state index in [1.54, 1.807) is 0 Å². The lowest BCUT2D eigenvalue weighted by molar-refractivity contribution is 0.308. The number of aryl methyl sites for hydroxylation is 1. The lowest BCUT2D eigenvalue weighted by Gasteiger charge is -2.29. The molecule has 1 saturated heterocycles. The zero-order chi connectivity index (χ0) is 19.6. The van der Waals surface area contributed by atoms with Gasteiger partial charge in [-0.1, -0.05) is 30.3 Å². The zero-order valence-electron chi connectivity index (χ0n) is 16.5. The minimum Gasteiger partial charge on any atom is -0.488 e. The summed E-state index contributed by atoms with van der Waals surface area (Å²) in [5.41, 5.74) is 6.63. The lowest BCUT2D eigenvalue weighted by atomic mass is 10.0. The standard InChI is InChI=1S/C23H25N5O/c1-16-13-25-20-12-22(29-15-17-5-3-2-4-6-17)19(11-18(16)20)23-21(14-26-27-23)28-9-7-24-8-10-28/h2-6,11-14,24-25H,7-10,15H2,1H3,(H,26,27). The summed E-state index contributed by atoms with van der Waals surface area (Å²) >= 11 is 0. The maximum atomic E-state index is 6.31. The third-order valence-electron chi connectivity index (χ3n) is 5.57. The van der Waals surface area contributed by atoms with Crippen LogP contribution in [0.15, 0.2) is 54.9 Å². The summed E-state index contributed by atoms with van der Waals surface area (Å²) in [5, 5.41) is 12.2. The molecule has 2 aromatic carbocycles. The molecular weight excluding hydrogens is 362 g/mol. The van der Waals surface area contributed by atoms with E-state index >= 15 is 0 Å². The van der Waals surface area contributed by atoms with Gasteiger partial charge in [-0.25, -0.2) is 0 Å². The first-order valence-corrected chi connectivity index (χ1v) is 10.1. The summed E-state index contributed by atoms with van der Waals surface area (Å²) in [4.78, 5) is 5.73. The fraction of sp³-hybridized carbons (Fsp3) is 0.261. The summed E-state index contributed by atoms with van der Waals surface area (Å²) in [6.45, 7) is 6.56. The van der Waals surface area contributed by atoms with Crippen LogP contribution in [-0.2, 0) is 6.61 Å². The molecule has 1 fully saturated rings. The predicted octanol–water partition coefficient (Wildman–Crippen LogP) is 3.86. The van der Waals surface area contributed by atoms with E-state index < -0.39 is 0 Å². The maximum Gasteiger partial charge on any atom is 0.131 e. The van der Waals surface area contributed by atoms with Crippen LogP contribution in [0.4, 0.5) is 5.69 Å². The minimum absolute atomic E-state index is 0.524. The van der Waals surface area contributed by atoms with Gasteiger partial charge in [0.15, 0.2) is 0 Å². The Morgan fingerprint density at radius 2 is 1.93 bits per heavy atom. The van der Waals surface area contributed by atoms with Crippen LogP contribution in [0.5, 0.6) is 5.75 Å². The van der Waals surface area contributed by atoms with Crippen molar-refractivity contribution in [3.05, 3.63) is 66.0 Å². The van der Waals surface area contributed by atoms with Gasteiger partial charge < -0.3 is 19.9 Å². The van der Waals surface area contributed by atoms with Gasteiger partial charge in [0.1, 0.15) is 12.4 Å². The molecular formula is C23H25N5O. The second kappa shape index (κ2) is 7.64. The van der Waals surface area contributed by atoms with E-state index in [1.807, 2.05) is 30.6 Å². The number of rotatable bonds is 5. The highest BCUT2D eigenvalue weighted by Gasteiger charge is 2.21. The van der Waals surface area contributed by atoms with Crippen molar-refractivity contribution in [3.8, 4) is 17.0 Å². The molecule has 0 radical (unpaired) electrons. The number of fused-ring (bicyclic) bond motifs is 1. The highest BCUT2D eigenvalue weighted by atomic mass is 16.5. The molecule has 0 aliphatic carbocycles. The van der Waals surface area contributed by atoms with Crippen LogP contribution >= 0.6 is 0 Å². The maximum absolute atomic E-state index is 6.31. The number of nitrogens with one attached hydrogen (secondary N) is 3. The van der Waals surface area contributed by atoms with Gasteiger partial charge in [0.2, 0.25) is 0 Å². The average molecular weight is 387 g/mol. The van der Waals surface area contributed by atoms with Gasteiger partial charge in [0, 0.05) is 54.9 Å². The van der Waals surface area contributed by atoms with Crippen LogP contribution in [0, 0.1) is 6.92 Å². The average Bonchev–Trinajstić information content (AvgIpc) is 3.40. The molecule has 4 aromatic rings. The van der Waals surface area contributed by atoms with Crippen LogP contribution in [0.1, 0.15) is 11.1 Å². The van der Waals surface area contributed by atoms with Crippen molar-refractivity contribution in [1.29, 1.82) is 0 Å². The van der Waals surface area contributed by atoms with Crippen LogP contribution in [0.2, 0.25) is 0 Å². The Bertz CT molecular complexity index is 1110. The van der Waals surface area contributed by atoms with E-state index in [1.165, 1.54) is 10.9 Å². The Labute approximate surface area is 169 Å². The Kier molecular flexibility index (Phi) is 4.69. The summed E-state index contributed by atoms with van der Waals surface area (Å²) < 4.78 is 6.31. The van der Waals surface area contributed by atoms with E-state index in [-0.39, 0.29) is 0 Å². The molecule has 29 heavy (non-hydrogen) atoms. The monoisotopic (exact) mass is 387 g/mol. The smallest absolute Gasteiger partial charge is 0.131 e. The number of H-pyrrole nitrogens is 2. The molecule has 3 heterocycles. The number of anilines is 1. The van der Waals surface area contributed by atoms with Gasteiger partial charge in [-0.2, -0.15) is 5.10 Å². The normalized spacial score (nSPS) is 14.4. The number of aromatic amines is 2. The summed E-state index contributed by atoms with van der Waals surface area (Å²) in [7, 11) is 0. The number of hydrogen-bond donors (Lipinski definition) is 3. The molecule has 1 aliphatic heterocycles. The Morgan fingerprint density at radius 1 is 1.10 bits per heavy atom. The fourth-order valence-electron chi connectivity index (χ4n) is 3.96. The van der Waals surface area contributed by atoms with Crippen LogP contribution in [0.25, 0.3) is 22.2 Å². The SMILES string of the molecule is Cc1c[nH]c2cc(OCc3ccccc3)c(-c3[nH]ncc3N3CCNCC3)cc12. The predicted molar refractivity (Wildman–Crippen MR) is 116 cm³/mol. The van der Waals surface area contributed by atoms with Crippen LogP contribution in [0.3, 0.4) is 0 Å². The van der Waals surface area contributed by atoms with E-state index in [4.69, 9.17) is 4.74 Å². The molecule has 0 atom stereocenters. The summed E-state index contributed by atoms with van der Waals surface area (Å²) in [5.74, 6) is 0.851. The highest BCUT2D eigenvalue weighted by molar-refractivity contribution is 5.92. The van der Waals surface area contributed by atoms with Crippen LogP contribution in [-0.4, -0.2) is 41.4 Å². The molecule has 148 valence electrons. The second-order valence-electron chi connectivity index (χ2n) is 7.51. The third kappa shape index (κ3) is 3.47. The number of hydrogen-bond acceptors (Lipinski definition) is 4. The molecule has 3 N–H and O–H groups in total. The van der Waals surface area contributed by atoms with E-state index in [0.29, 0.717) is 6.61 Å². The van der Waals surface area contributed by atoms with Gasteiger partial charge in [-0.15, -0.1) is 0 Å². The first kappa shape index (κ1) is 17.8. The molecule has 0 saturated carbocycles. The van der Waals surface area contributed by atoms with Gasteiger partial charge in [0.05, 0.1) is 17.6 Å². The third-order valence-corrected chi connectivity index (χ3v) is 5.57. The molecule has 5 rings (SSSR count). The highest BCUT2D eigenvalue weighted by Crippen LogP contribution is 2.39. The lowest BCUT2D eigenvalue weighted by Crippen LogP contribution is -2.43. The van der Waals surface area contributed by atoms with Crippen molar-refractivity contribution in [3.63, 3.8) is 0 Å². The molecule has 0 bridgehead atoms. The zero-order valence-corrected chi connectivity index (χ0v) is 16.5. The molecule has 0 spiro atoms. The first-order valence-electron chi connectivity index (χ1n) is 10.1. The van der Waals surface area contributed by atoms with Crippen molar-refractivity contribution in [1.82, 2.24) is 20.5 Å². The van der Waals surface area contributed by atoms with Crippen molar-refractivity contribution in [2.75, 3.05) is 31.1 Å². The number of nitrogens with zero attached hydrogens (tertiary/aromatic N) is 2. The van der Waals surface area contributed by atoms with E-state index in [2.05, 4.69) is 56.6 Å². The molecule has 0 amide bonds. The largest absolute Gasteiger partial charge is 0.488 e. The summed E-state index contributed by atoms with van der Waals surface area (Å²) in [6.07, 6.45) is 3.97. The molecule has 1 aliphatic rings. The number of ether oxygens (including phenoxy) is 1. The van der Waals surface area contributed by atoms with Crippen molar-refractivity contribution in [2.24, 2.45) is 0 Å². The van der Waals surface area contributed by atoms with Gasteiger partial charge in [-0.3, -0.25) is 5.10 Å². The van der Waals surface area contributed by atoms with Crippen molar-refractivity contribution in [2.45, 2.75) is 13.5 Å². The topological polar surface area (TPSA) is 69.0 Å². The molecule has 6 heteroatoms. The second-order valence-corrected chi connectivity index (χ2v) is 7.51. The van der Waals surface area contributed by atoms with Gasteiger partial charge in [0.25, 0.3) is 0 Å². The minimum atomic E-state index is 0.524. The molecule has 2 aromatic heterocycles. The number of piperazine rings is 1. The Hall–Kier alpha value is -3.25. The molecule has 6 nitrogen and oxygen atoms in total. The van der Waals surface area contributed by atoms with Gasteiger partial charge >= 0.3 is 0 Å². The van der Waals surface area contributed by atoms with E-state index in [9.17, 15) is 0 Å². The van der Waals surface area contributed by atoms with Crippen molar-refractivity contribution >= 4 is 16.6 Å². The van der Waals surface area contributed by atoms with Crippen molar-refractivity contribution < 1.29 is 4.74 Å². The quantitative estimate of drug-likeness (QED) is 0.486. The molecule has 0 unspecified atom stereocenters. The Morgan fingerprint density at radius 3 is 2.76 bits per heavy atom. The fourth-order valence-corrected chi connectivity index (χ4v) is 3.96. The summed E-state index contributed by atoms with van der Waals surface area (Å²) in [6, 6.07) is 14.6. The Balaban J connectivity index is 1.56. The first-order chi connectivity index (χ1) is 14.3. The number of aromatic nitrogens is 3. The van der Waals surface area contributed by atoms with E-state index in [0.717, 1.165) is 60.0 Å². The van der Waals surface area contributed by atoms with Gasteiger partial charge in [-0.05, 0) is 24.1 Å².